The molecule has 1 heterocycles. The zero-order valence-electron chi connectivity index (χ0n) is 16.5. The van der Waals surface area contributed by atoms with Crippen LogP contribution in [0.4, 0.5) is 17.3 Å². The summed E-state index contributed by atoms with van der Waals surface area (Å²) in [5.74, 6) is 0.664. The first-order chi connectivity index (χ1) is 13.4. The summed E-state index contributed by atoms with van der Waals surface area (Å²) in [7, 11) is 0. The highest BCUT2D eigenvalue weighted by atomic mass is 16.5. The second kappa shape index (κ2) is 8.52. The number of aromatic nitrogens is 2. The molecule has 0 spiro atoms. The van der Waals surface area contributed by atoms with Crippen LogP contribution in [0.3, 0.4) is 0 Å². The zero-order chi connectivity index (χ0) is 20.1. The van der Waals surface area contributed by atoms with Gasteiger partial charge in [0.15, 0.2) is 0 Å². The standard InChI is InChI=1S/C22H24N4O2/c1-14(2)28-19-11-6-5-10-17(19)24-21(27)18-12-13-23-22(25-18)26-20-15(3)8-7-9-16(20)4/h5-14H,1-4H3,(H,24,27)(H,23,25,26). The van der Waals surface area contributed by atoms with Crippen molar-refractivity contribution in [3.63, 3.8) is 0 Å². The summed E-state index contributed by atoms with van der Waals surface area (Å²) < 4.78 is 5.75. The van der Waals surface area contributed by atoms with Gasteiger partial charge in [-0.1, -0.05) is 30.3 Å². The maximum atomic E-state index is 12.7. The van der Waals surface area contributed by atoms with Crippen molar-refractivity contribution in [1.82, 2.24) is 9.97 Å². The lowest BCUT2D eigenvalue weighted by Crippen LogP contribution is -2.16. The van der Waals surface area contributed by atoms with Gasteiger partial charge in [0.1, 0.15) is 11.4 Å². The molecule has 28 heavy (non-hydrogen) atoms. The van der Waals surface area contributed by atoms with Crippen molar-refractivity contribution in [2.75, 3.05) is 10.6 Å². The Morgan fingerprint density at radius 2 is 1.71 bits per heavy atom. The van der Waals surface area contributed by atoms with Gasteiger partial charge in [-0.3, -0.25) is 4.79 Å². The molecule has 144 valence electrons. The van der Waals surface area contributed by atoms with Crippen LogP contribution >= 0.6 is 0 Å². The van der Waals surface area contributed by atoms with Gasteiger partial charge in [-0.25, -0.2) is 9.97 Å². The molecule has 0 bridgehead atoms. The van der Waals surface area contributed by atoms with E-state index in [2.05, 4.69) is 20.6 Å². The summed E-state index contributed by atoms with van der Waals surface area (Å²) in [6.45, 7) is 7.90. The number of nitrogens with zero attached hydrogens (tertiary/aromatic N) is 2. The quantitative estimate of drug-likeness (QED) is 0.641. The average molecular weight is 376 g/mol. The van der Waals surface area contributed by atoms with Crippen molar-refractivity contribution >= 4 is 23.2 Å². The lowest BCUT2D eigenvalue weighted by Gasteiger charge is -2.15. The molecule has 6 heteroatoms. The number of para-hydroxylation sites is 3. The van der Waals surface area contributed by atoms with Crippen molar-refractivity contribution in [2.45, 2.75) is 33.8 Å². The second-order valence-corrected chi connectivity index (χ2v) is 6.77. The molecule has 2 N–H and O–H groups in total. The van der Waals surface area contributed by atoms with Crippen LogP contribution in [0.5, 0.6) is 5.75 Å². The predicted molar refractivity (Wildman–Crippen MR) is 111 cm³/mol. The third kappa shape index (κ3) is 4.65. The first-order valence-corrected chi connectivity index (χ1v) is 9.17. The molecule has 0 fully saturated rings. The molecule has 1 amide bonds. The molecule has 2 aromatic carbocycles. The molecule has 0 radical (unpaired) electrons. The molecule has 0 unspecified atom stereocenters. The topological polar surface area (TPSA) is 76.1 Å². The lowest BCUT2D eigenvalue weighted by molar-refractivity contribution is 0.102. The minimum absolute atomic E-state index is 0.00487. The summed E-state index contributed by atoms with van der Waals surface area (Å²) in [5.41, 5.74) is 3.97. The van der Waals surface area contributed by atoms with Gasteiger partial charge in [-0.2, -0.15) is 0 Å². The summed E-state index contributed by atoms with van der Waals surface area (Å²) in [6.07, 6.45) is 1.57. The highest BCUT2D eigenvalue weighted by Crippen LogP contribution is 2.26. The van der Waals surface area contributed by atoms with Crippen molar-refractivity contribution < 1.29 is 9.53 Å². The third-order valence-electron chi connectivity index (χ3n) is 4.10. The van der Waals surface area contributed by atoms with Gasteiger partial charge >= 0.3 is 0 Å². The van der Waals surface area contributed by atoms with E-state index in [1.54, 1.807) is 18.3 Å². The number of aryl methyl sites for hydroxylation is 2. The van der Waals surface area contributed by atoms with Crippen molar-refractivity contribution in [1.29, 1.82) is 0 Å². The summed E-state index contributed by atoms with van der Waals surface area (Å²) >= 11 is 0. The number of carbonyl (C=O) groups is 1. The minimum Gasteiger partial charge on any atom is -0.489 e. The zero-order valence-corrected chi connectivity index (χ0v) is 16.5. The van der Waals surface area contributed by atoms with Crippen LogP contribution in [0.1, 0.15) is 35.5 Å². The third-order valence-corrected chi connectivity index (χ3v) is 4.10. The van der Waals surface area contributed by atoms with Gasteiger partial charge in [0.05, 0.1) is 11.8 Å². The summed E-state index contributed by atoms with van der Waals surface area (Å²) in [5, 5.41) is 6.07. The number of anilines is 3. The summed E-state index contributed by atoms with van der Waals surface area (Å²) in [6, 6.07) is 14.9. The number of carbonyl (C=O) groups excluding carboxylic acids is 1. The van der Waals surface area contributed by atoms with E-state index in [9.17, 15) is 4.79 Å². The van der Waals surface area contributed by atoms with E-state index < -0.39 is 0 Å². The Morgan fingerprint density at radius 1 is 1.00 bits per heavy atom. The molecular weight excluding hydrogens is 352 g/mol. The van der Waals surface area contributed by atoms with Crippen molar-refractivity contribution in [3.05, 3.63) is 71.5 Å². The normalized spacial score (nSPS) is 10.6. The lowest BCUT2D eigenvalue weighted by atomic mass is 10.1. The van der Waals surface area contributed by atoms with Gasteiger partial charge < -0.3 is 15.4 Å². The smallest absolute Gasteiger partial charge is 0.274 e. The van der Waals surface area contributed by atoms with E-state index in [4.69, 9.17) is 4.74 Å². The number of ether oxygens (including phenoxy) is 1. The number of rotatable bonds is 6. The van der Waals surface area contributed by atoms with Gasteiger partial charge in [0.25, 0.3) is 5.91 Å². The van der Waals surface area contributed by atoms with Crippen LogP contribution in [0, 0.1) is 13.8 Å². The van der Waals surface area contributed by atoms with Crippen LogP contribution in [-0.2, 0) is 0 Å². The average Bonchev–Trinajstić information content (AvgIpc) is 2.66. The fourth-order valence-electron chi connectivity index (χ4n) is 2.78. The number of hydrogen-bond acceptors (Lipinski definition) is 5. The Bertz CT molecular complexity index is 966. The Labute approximate surface area is 165 Å². The first kappa shape index (κ1) is 19.4. The van der Waals surface area contributed by atoms with E-state index in [0.717, 1.165) is 16.8 Å². The molecule has 6 nitrogen and oxygen atoms in total. The highest BCUT2D eigenvalue weighted by molar-refractivity contribution is 6.03. The SMILES string of the molecule is Cc1cccc(C)c1Nc1nccc(C(=O)Nc2ccccc2OC(C)C)n1. The summed E-state index contributed by atoms with van der Waals surface area (Å²) in [4.78, 5) is 21.3. The molecule has 0 aliphatic heterocycles. The Kier molecular flexibility index (Phi) is 5.89. The maximum absolute atomic E-state index is 12.7. The van der Waals surface area contributed by atoms with Gasteiger partial charge in [-0.15, -0.1) is 0 Å². The fourth-order valence-corrected chi connectivity index (χ4v) is 2.78. The van der Waals surface area contributed by atoms with Crippen LogP contribution in [0.2, 0.25) is 0 Å². The molecular formula is C22H24N4O2. The van der Waals surface area contributed by atoms with Gasteiger partial charge in [0.2, 0.25) is 5.95 Å². The molecule has 0 aliphatic carbocycles. The molecule has 1 aromatic heterocycles. The van der Waals surface area contributed by atoms with Crippen LogP contribution in [0.15, 0.2) is 54.7 Å². The molecule has 0 atom stereocenters. The Balaban J connectivity index is 1.80. The minimum atomic E-state index is -0.327. The van der Waals surface area contributed by atoms with Crippen molar-refractivity contribution in [2.24, 2.45) is 0 Å². The largest absolute Gasteiger partial charge is 0.489 e. The van der Waals surface area contributed by atoms with Gasteiger partial charge in [-0.05, 0) is 57.0 Å². The van der Waals surface area contributed by atoms with E-state index in [1.165, 1.54) is 0 Å². The van der Waals surface area contributed by atoms with Crippen LogP contribution in [-0.4, -0.2) is 22.0 Å². The van der Waals surface area contributed by atoms with Crippen LogP contribution in [0.25, 0.3) is 0 Å². The van der Waals surface area contributed by atoms with E-state index in [0.29, 0.717) is 17.4 Å². The number of hydrogen-bond donors (Lipinski definition) is 2. The molecule has 3 aromatic rings. The Morgan fingerprint density at radius 3 is 2.43 bits per heavy atom. The monoisotopic (exact) mass is 376 g/mol. The predicted octanol–water partition coefficient (Wildman–Crippen LogP) is 4.88. The molecule has 0 aliphatic rings. The van der Waals surface area contributed by atoms with Crippen molar-refractivity contribution in [3.8, 4) is 5.75 Å². The fraction of sp³-hybridized carbons (Fsp3) is 0.227. The Hall–Kier alpha value is -3.41. The maximum Gasteiger partial charge on any atom is 0.274 e. The van der Waals surface area contributed by atoms with E-state index in [1.807, 2.05) is 64.1 Å². The molecule has 0 saturated heterocycles. The van der Waals surface area contributed by atoms with Crippen LogP contribution < -0.4 is 15.4 Å². The number of benzene rings is 2. The van der Waals surface area contributed by atoms with Gasteiger partial charge in [0, 0.05) is 11.9 Å². The molecule has 0 saturated carbocycles. The first-order valence-electron chi connectivity index (χ1n) is 9.17. The highest BCUT2D eigenvalue weighted by Gasteiger charge is 2.13. The second-order valence-electron chi connectivity index (χ2n) is 6.77. The number of nitrogens with one attached hydrogen (secondary N) is 2. The van der Waals surface area contributed by atoms with E-state index >= 15 is 0 Å². The molecule has 3 rings (SSSR count). The van der Waals surface area contributed by atoms with E-state index in [-0.39, 0.29) is 17.7 Å². The number of amides is 1.